The molecule has 0 fully saturated rings. The Morgan fingerprint density at radius 3 is 2.47 bits per heavy atom. The number of aromatic nitrogens is 2. The summed E-state index contributed by atoms with van der Waals surface area (Å²) in [6, 6.07) is 24.9. The Kier molecular flexibility index (Phi) is 7.94. The largest absolute Gasteiger partial charge is 0.487 e. The zero-order valence-electron chi connectivity index (χ0n) is 20.9. The zero-order chi connectivity index (χ0) is 27.1. The minimum Gasteiger partial charge on any atom is -0.487 e. The van der Waals surface area contributed by atoms with Gasteiger partial charge in [0, 0.05) is 23.4 Å². The quantitative estimate of drug-likeness (QED) is 0.136. The lowest BCUT2D eigenvalue weighted by Gasteiger charge is -2.13. The van der Waals surface area contributed by atoms with Gasteiger partial charge in [-0.25, -0.2) is 4.68 Å². The van der Waals surface area contributed by atoms with Crippen molar-refractivity contribution in [1.82, 2.24) is 15.1 Å². The molecule has 0 aliphatic rings. The van der Waals surface area contributed by atoms with Crippen LogP contribution in [0.5, 0.6) is 5.75 Å². The maximum Gasteiger partial charge on any atom is 0.311 e. The fourth-order valence-electron chi connectivity index (χ4n) is 3.92. The Balaban J connectivity index is 1.77. The van der Waals surface area contributed by atoms with E-state index in [2.05, 4.69) is 10.4 Å². The smallest absolute Gasteiger partial charge is 0.311 e. The number of benzene rings is 3. The molecule has 4 aromatic rings. The molecular weight excluding hydrogens is 482 g/mol. The maximum atomic E-state index is 13.0. The predicted octanol–water partition coefficient (Wildman–Crippen LogP) is 5.63. The van der Waals surface area contributed by atoms with E-state index in [0.717, 1.165) is 11.3 Å². The van der Waals surface area contributed by atoms with Gasteiger partial charge in [-0.05, 0) is 49.8 Å². The van der Waals surface area contributed by atoms with Crippen molar-refractivity contribution < 1.29 is 14.5 Å². The van der Waals surface area contributed by atoms with Gasteiger partial charge in [0.2, 0.25) is 0 Å². The van der Waals surface area contributed by atoms with E-state index in [1.54, 1.807) is 23.9 Å². The standard InChI is InChI=1S/C29H25N5O4/c1-3-38-27-15-14-22(17-26(27)34(36)37)28-24(19-33(32-28)25-12-8-5-9-13-25)16-23(18-30)29(35)31-20(2)21-10-6-4-7-11-21/h4-17,19-20H,3H2,1-2H3,(H,31,35)/b23-16+. The second-order valence-corrected chi connectivity index (χ2v) is 8.36. The van der Waals surface area contributed by atoms with Gasteiger partial charge >= 0.3 is 5.69 Å². The van der Waals surface area contributed by atoms with Crippen LogP contribution in [-0.4, -0.2) is 27.2 Å². The van der Waals surface area contributed by atoms with Gasteiger partial charge in [-0.1, -0.05) is 48.5 Å². The third kappa shape index (κ3) is 5.77. The molecule has 0 radical (unpaired) electrons. The summed E-state index contributed by atoms with van der Waals surface area (Å²) in [5, 5.41) is 29.0. The normalized spacial score (nSPS) is 11.9. The highest BCUT2D eigenvalue weighted by Crippen LogP contribution is 2.34. The number of nitro benzene ring substituents is 1. The van der Waals surface area contributed by atoms with Crippen LogP contribution < -0.4 is 10.1 Å². The number of nitro groups is 1. The molecule has 38 heavy (non-hydrogen) atoms. The van der Waals surface area contributed by atoms with E-state index in [1.165, 1.54) is 18.2 Å². The molecule has 190 valence electrons. The van der Waals surface area contributed by atoms with Crippen molar-refractivity contribution in [1.29, 1.82) is 5.26 Å². The summed E-state index contributed by atoms with van der Waals surface area (Å²) in [6.45, 7) is 3.86. The van der Waals surface area contributed by atoms with E-state index >= 15 is 0 Å². The first-order valence-corrected chi connectivity index (χ1v) is 12.0. The summed E-state index contributed by atoms with van der Waals surface area (Å²) in [6.07, 6.45) is 3.12. The average molecular weight is 508 g/mol. The highest BCUT2D eigenvalue weighted by atomic mass is 16.6. The van der Waals surface area contributed by atoms with Crippen LogP contribution in [0, 0.1) is 21.4 Å². The lowest BCUT2D eigenvalue weighted by Crippen LogP contribution is -2.27. The summed E-state index contributed by atoms with van der Waals surface area (Å²) in [4.78, 5) is 24.2. The summed E-state index contributed by atoms with van der Waals surface area (Å²) >= 11 is 0. The molecule has 3 aromatic carbocycles. The van der Waals surface area contributed by atoms with Crippen LogP contribution in [0.4, 0.5) is 5.69 Å². The van der Waals surface area contributed by atoms with Crippen molar-refractivity contribution in [3.8, 4) is 28.8 Å². The molecule has 9 heteroatoms. The molecular formula is C29H25N5O4. The van der Waals surface area contributed by atoms with Crippen molar-refractivity contribution in [2.75, 3.05) is 6.61 Å². The van der Waals surface area contributed by atoms with Crippen molar-refractivity contribution in [2.24, 2.45) is 0 Å². The van der Waals surface area contributed by atoms with E-state index in [4.69, 9.17) is 4.74 Å². The summed E-state index contributed by atoms with van der Waals surface area (Å²) in [5.74, 6) is -0.396. The second kappa shape index (κ2) is 11.7. The number of para-hydroxylation sites is 1. The molecule has 0 spiro atoms. The minimum absolute atomic E-state index is 0.123. The molecule has 1 heterocycles. The van der Waals surface area contributed by atoms with E-state index < -0.39 is 10.8 Å². The summed E-state index contributed by atoms with van der Waals surface area (Å²) < 4.78 is 7.01. The Labute approximate surface area is 219 Å². The lowest BCUT2D eigenvalue weighted by molar-refractivity contribution is -0.385. The fraction of sp³-hybridized carbons (Fsp3) is 0.138. The van der Waals surface area contributed by atoms with Crippen molar-refractivity contribution in [2.45, 2.75) is 19.9 Å². The van der Waals surface area contributed by atoms with Crippen molar-refractivity contribution >= 4 is 17.7 Å². The SMILES string of the molecule is CCOc1ccc(-c2nn(-c3ccccc3)cc2/C=C(\C#N)C(=O)NC(C)c2ccccc2)cc1[N+](=O)[O-]. The van der Waals surface area contributed by atoms with Gasteiger partial charge < -0.3 is 10.1 Å². The number of rotatable bonds is 9. The van der Waals surface area contributed by atoms with Crippen LogP contribution >= 0.6 is 0 Å². The van der Waals surface area contributed by atoms with E-state index in [1.807, 2.05) is 73.7 Å². The Hall–Kier alpha value is -5.23. The molecule has 1 aromatic heterocycles. The molecule has 4 rings (SSSR count). The van der Waals surface area contributed by atoms with Gasteiger partial charge in [0.15, 0.2) is 5.75 Å². The van der Waals surface area contributed by atoms with Crippen LogP contribution in [0.3, 0.4) is 0 Å². The van der Waals surface area contributed by atoms with Crippen LogP contribution in [0.25, 0.3) is 23.0 Å². The fourth-order valence-corrected chi connectivity index (χ4v) is 3.92. The number of carbonyl (C=O) groups excluding carboxylic acids is 1. The number of carbonyl (C=O) groups is 1. The molecule has 0 aliphatic heterocycles. The van der Waals surface area contributed by atoms with Gasteiger partial charge in [-0.3, -0.25) is 14.9 Å². The Morgan fingerprint density at radius 2 is 1.84 bits per heavy atom. The number of nitrogens with zero attached hydrogens (tertiary/aromatic N) is 4. The van der Waals surface area contributed by atoms with Gasteiger partial charge in [0.05, 0.1) is 23.3 Å². The molecule has 1 atom stereocenters. The first kappa shape index (κ1) is 25.9. The molecule has 0 aliphatic carbocycles. The molecule has 1 unspecified atom stereocenters. The minimum atomic E-state index is -0.542. The lowest BCUT2D eigenvalue weighted by atomic mass is 10.0. The molecule has 1 N–H and O–H groups in total. The van der Waals surface area contributed by atoms with E-state index in [-0.39, 0.29) is 29.7 Å². The highest BCUT2D eigenvalue weighted by molar-refractivity contribution is 6.02. The summed E-state index contributed by atoms with van der Waals surface area (Å²) in [7, 11) is 0. The topological polar surface area (TPSA) is 123 Å². The predicted molar refractivity (Wildman–Crippen MR) is 143 cm³/mol. The number of amides is 1. The monoisotopic (exact) mass is 507 g/mol. The maximum absolute atomic E-state index is 13.0. The first-order chi connectivity index (χ1) is 18.4. The molecule has 1 amide bonds. The van der Waals surface area contributed by atoms with Gasteiger partial charge in [-0.2, -0.15) is 10.4 Å². The third-order valence-electron chi connectivity index (χ3n) is 5.80. The molecule has 0 saturated carbocycles. The van der Waals surface area contributed by atoms with Crippen LogP contribution in [0.1, 0.15) is 31.0 Å². The Morgan fingerprint density at radius 1 is 1.16 bits per heavy atom. The van der Waals surface area contributed by atoms with Crippen LogP contribution in [0.15, 0.2) is 90.6 Å². The number of nitrogens with one attached hydrogen (secondary N) is 1. The van der Waals surface area contributed by atoms with Crippen molar-refractivity contribution in [3.05, 3.63) is 112 Å². The Bertz CT molecular complexity index is 1520. The summed E-state index contributed by atoms with van der Waals surface area (Å²) in [5.41, 5.74) is 2.58. The van der Waals surface area contributed by atoms with Gasteiger partial charge in [0.25, 0.3) is 5.91 Å². The van der Waals surface area contributed by atoms with Gasteiger partial charge in [0.1, 0.15) is 17.3 Å². The molecule has 0 bridgehead atoms. The third-order valence-corrected chi connectivity index (χ3v) is 5.80. The number of hydrogen-bond acceptors (Lipinski definition) is 6. The van der Waals surface area contributed by atoms with E-state index in [9.17, 15) is 20.2 Å². The number of hydrogen-bond donors (Lipinski definition) is 1. The second-order valence-electron chi connectivity index (χ2n) is 8.36. The van der Waals surface area contributed by atoms with E-state index in [0.29, 0.717) is 16.8 Å². The van der Waals surface area contributed by atoms with Gasteiger partial charge in [-0.15, -0.1) is 0 Å². The first-order valence-electron chi connectivity index (χ1n) is 12.0. The highest BCUT2D eigenvalue weighted by Gasteiger charge is 2.21. The molecule has 9 nitrogen and oxygen atoms in total. The van der Waals surface area contributed by atoms with Crippen molar-refractivity contribution in [3.63, 3.8) is 0 Å². The van der Waals surface area contributed by atoms with Crippen LogP contribution in [-0.2, 0) is 4.79 Å². The zero-order valence-corrected chi connectivity index (χ0v) is 20.9. The average Bonchev–Trinajstić information content (AvgIpc) is 3.36. The van der Waals surface area contributed by atoms with Crippen LogP contribution in [0.2, 0.25) is 0 Å². The number of ether oxygens (including phenoxy) is 1. The number of nitriles is 1. The molecule has 0 saturated heterocycles.